The number of piperazine rings is 1. The van der Waals surface area contributed by atoms with Gasteiger partial charge in [-0.3, -0.25) is 9.69 Å². The first-order valence-corrected chi connectivity index (χ1v) is 10.6. The number of amides is 3. The number of urea groups is 1. The van der Waals surface area contributed by atoms with E-state index in [1.54, 1.807) is 17.0 Å². The number of nitrogens with one attached hydrogen (secondary N) is 1. The van der Waals surface area contributed by atoms with Crippen LogP contribution in [0.4, 0.5) is 33.7 Å². The molecule has 0 aliphatic carbocycles. The number of para-hydroxylation sites is 1. The van der Waals surface area contributed by atoms with Crippen LogP contribution in [-0.2, 0) is 9.59 Å². The number of hydrogen-bond acceptors (Lipinski definition) is 4. The van der Waals surface area contributed by atoms with Crippen LogP contribution in [0.2, 0.25) is 0 Å². The van der Waals surface area contributed by atoms with Crippen molar-refractivity contribution in [3.63, 3.8) is 0 Å². The fourth-order valence-corrected chi connectivity index (χ4v) is 4.01. The molecule has 0 aromatic heterocycles. The second kappa shape index (κ2) is 10.3. The lowest BCUT2D eigenvalue weighted by Gasteiger charge is -2.46. The normalized spacial score (nSPS) is 20.4. The highest BCUT2D eigenvalue weighted by Gasteiger charge is 2.48. The molecule has 0 radical (unpaired) electrons. The number of halogens is 4. The van der Waals surface area contributed by atoms with Crippen molar-refractivity contribution >= 4 is 29.3 Å². The number of carbonyl (C=O) groups excluding carboxylic acids is 2. The minimum absolute atomic E-state index is 0.0635. The number of hydrogen-bond donors (Lipinski definition) is 2. The Bertz CT molecular complexity index is 1070. The number of carboxylic acid groups (broad SMARTS) is 1. The molecule has 1 spiro atoms. The third-order valence-electron chi connectivity index (χ3n) is 5.96. The summed E-state index contributed by atoms with van der Waals surface area (Å²) in [5.41, 5.74) is 1.17. The van der Waals surface area contributed by atoms with Gasteiger partial charge < -0.3 is 20.2 Å². The number of aliphatic carboxylic acids is 1. The molecule has 2 aliphatic rings. The SMILES string of the molecule is CN1CC(=O)N(c2ccccc2)CC12CCN(C(=O)Nc1ccc(F)cc1)C2.O=C(O)C(F)(F)F. The topological polar surface area (TPSA) is 93.2 Å². The van der Waals surface area contributed by atoms with Gasteiger partial charge in [0.15, 0.2) is 0 Å². The van der Waals surface area contributed by atoms with Gasteiger partial charge in [-0.2, -0.15) is 13.2 Å². The highest BCUT2D eigenvalue weighted by atomic mass is 19.4. The summed E-state index contributed by atoms with van der Waals surface area (Å²) in [6, 6.07) is 15.2. The van der Waals surface area contributed by atoms with E-state index in [0.717, 1.165) is 12.1 Å². The molecular formula is C23H24F4N4O4. The van der Waals surface area contributed by atoms with Crippen LogP contribution in [0.1, 0.15) is 6.42 Å². The fraction of sp³-hybridized carbons (Fsp3) is 0.348. The Morgan fingerprint density at radius 2 is 1.63 bits per heavy atom. The van der Waals surface area contributed by atoms with Crippen molar-refractivity contribution in [3.8, 4) is 0 Å². The largest absolute Gasteiger partial charge is 0.490 e. The van der Waals surface area contributed by atoms with Crippen molar-refractivity contribution in [3.05, 3.63) is 60.4 Å². The molecular weight excluding hydrogens is 472 g/mol. The third-order valence-corrected chi connectivity index (χ3v) is 5.96. The molecule has 2 aromatic rings. The summed E-state index contributed by atoms with van der Waals surface area (Å²) in [5, 5.41) is 9.95. The minimum Gasteiger partial charge on any atom is -0.475 e. The van der Waals surface area contributed by atoms with Crippen molar-refractivity contribution in [1.29, 1.82) is 0 Å². The lowest BCUT2D eigenvalue weighted by molar-refractivity contribution is -0.192. The molecule has 1 unspecified atom stereocenters. The van der Waals surface area contributed by atoms with Gasteiger partial charge in [-0.15, -0.1) is 0 Å². The maximum absolute atomic E-state index is 13.1. The Morgan fingerprint density at radius 1 is 1.03 bits per heavy atom. The first-order chi connectivity index (χ1) is 16.4. The molecule has 2 N–H and O–H groups in total. The van der Waals surface area contributed by atoms with Gasteiger partial charge in [0, 0.05) is 31.0 Å². The zero-order valence-corrected chi connectivity index (χ0v) is 18.8. The summed E-state index contributed by atoms with van der Waals surface area (Å²) in [5.74, 6) is -3.03. The molecule has 188 valence electrons. The second-order valence-corrected chi connectivity index (χ2v) is 8.31. The number of likely N-dealkylation sites (N-methyl/N-ethyl adjacent to an activating group) is 1. The van der Waals surface area contributed by atoms with Crippen LogP contribution in [0.3, 0.4) is 0 Å². The van der Waals surface area contributed by atoms with Crippen LogP contribution in [-0.4, -0.2) is 77.8 Å². The average Bonchev–Trinajstić information content (AvgIpc) is 3.24. The van der Waals surface area contributed by atoms with Crippen molar-refractivity contribution in [2.75, 3.05) is 43.4 Å². The molecule has 2 aliphatic heterocycles. The first kappa shape index (κ1) is 25.9. The summed E-state index contributed by atoms with van der Waals surface area (Å²) in [4.78, 5) is 39.8. The van der Waals surface area contributed by atoms with Gasteiger partial charge in [0.1, 0.15) is 5.82 Å². The number of benzene rings is 2. The van der Waals surface area contributed by atoms with Gasteiger partial charge in [-0.1, -0.05) is 18.2 Å². The molecule has 1 atom stereocenters. The minimum atomic E-state index is -5.08. The van der Waals surface area contributed by atoms with E-state index in [1.807, 2.05) is 42.3 Å². The molecule has 3 amide bonds. The standard InChI is InChI=1S/C21H23FN4O2.C2HF3O2/c1-24-13-19(27)26(18-5-3-2-4-6-18)15-21(24)11-12-25(14-21)20(28)23-17-9-7-16(22)8-10-17;3-2(4,5)1(6)7/h2-10H,11-15H2,1H3,(H,23,28);(H,6,7). The number of nitrogens with zero attached hydrogens (tertiary/aromatic N) is 3. The Balaban J connectivity index is 0.000000429. The van der Waals surface area contributed by atoms with Crippen LogP contribution in [0.5, 0.6) is 0 Å². The monoisotopic (exact) mass is 496 g/mol. The maximum atomic E-state index is 13.1. The average molecular weight is 496 g/mol. The number of likely N-dealkylation sites (tertiary alicyclic amines) is 1. The van der Waals surface area contributed by atoms with Crippen LogP contribution < -0.4 is 10.2 Å². The predicted octanol–water partition coefficient (Wildman–Crippen LogP) is 3.41. The van der Waals surface area contributed by atoms with E-state index in [4.69, 9.17) is 9.90 Å². The van der Waals surface area contributed by atoms with Crippen LogP contribution >= 0.6 is 0 Å². The Hall–Kier alpha value is -3.67. The number of alkyl halides is 3. The maximum Gasteiger partial charge on any atom is 0.490 e. The Labute approximate surface area is 198 Å². The van der Waals surface area contributed by atoms with Gasteiger partial charge in [0.05, 0.1) is 12.1 Å². The Morgan fingerprint density at radius 3 is 2.20 bits per heavy atom. The summed E-state index contributed by atoms with van der Waals surface area (Å²) < 4.78 is 44.8. The summed E-state index contributed by atoms with van der Waals surface area (Å²) in [7, 11) is 1.95. The smallest absolute Gasteiger partial charge is 0.475 e. The third kappa shape index (κ3) is 6.27. The number of anilines is 2. The van der Waals surface area contributed by atoms with Crippen LogP contribution in [0.25, 0.3) is 0 Å². The lowest BCUT2D eigenvalue weighted by atomic mass is 9.92. The quantitative estimate of drug-likeness (QED) is 0.622. The first-order valence-electron chi connectivity index (χ1n) is 10.6. The van der Waals surface area contributed by atoms with E-state index < -0.39 is 12.1 Å². The highest BCUT2D eigenvalue weighted by molar-refractivity contribution is 5.96. The zero-order valence-electron chi connectivity index (χ0n) is 18.8. The van der Waals surface area contributed by atoms with Gasteiger partial charge in [-0.25, -0.2) is 14.0 Å². The van der Waals surface area contributed by atoms with E-state index >= 15 is 0 Å². The van der Waals surface area contributed by atoms with Gasteiger partial charge in [0.2, 0.25) is 5.91 Å². The highest BCUT2D eigenvalue weighted by Crippen LogP contribution is 2.33. The molecule has 8 nitrogen and oxygen atoms in total. The molecule has 4 rings (SSSR count). The van der Waals surface area contributed by atoms with E-state index in [2.05, 4.69) is 10.2 Å². The molecule has 0 bridgehead atoms. The number of carboxylic acids is 1. The molecule has 35 heavy (non-hydrogen) atoms. The molecule has 12 heteroatoms. The van der Waals surface area contributed by atoms with Crippen LogP contribution in [0.15, 0.2) is 54.6 Å². The van der Waals surface area contributed by atoms with Gasteiger partial charge >= 0.3 is 18.2 Å². The van der Waals surface area contributed by atoms with Crippen molar-refractivity contribution in [2.45, 2.75) is 18.1 Å². The van der Waals surface area contributed by atoms with E-state index in [1.165, 1.54) is 12.1 Å². The molecule has 2 aromatic carbocycles. The summed E-state index contributed by atoms with van der Waals surface area (Å²) in [6.45, 7) is 2.01. The van der Waals surface area contributed by atoms with E-state index in [0.29, 0.717) is 31.9 Å². The molecule has 2 saturated heterocycles. The number of rotatable bonds is 2. The van der Waals surface area contributed by atoms with Crippen LogP contribution in [0, 0.1) is 5.82 Å². The summed E-state index contributed by atoms with van der Waals surface area (Å²) >= 11 is 0. The van der Waals surface area contributed by atoms with Crippen molar-refractivity contribution in [1.82, 2.24) is 9.80 Å². The Kier molecular flexibility index (Phi) is 7.64. The zero-order chi connectivity index (χ0) is 25.8. The van der Waals surface area contributed by atoms with Crippen molar-refractivity contribution in [2.24, 2.45) is 0 Å². The van der Waals surface area contributed by atoms with Gasteiger partial charge in [-0.05, 0) is 49.9 Å². The fourth-order valence-electron chi connectivity index (χ4n) is 4.01. The second-order valence-electron chi connectivity index (χ2n) is 8.31. The molecule has 2 fully saturated rings. The van der Waals surface area contributed by atoms with Crippen molar-refractivity contribution < 1.29 is 37.1 Å². The van der Waals surface area contributed by atoms with E-state index in [-0.39, 0.29) is 23.3 Å². The lowest BCUT2D eigenvalue weighted by Crippen LogP contribution is -2.64. The molecule has 2 heterocycles. The number of carbonyl (C=O) groups is 3. The molecule has 0 saturated carbocycles. The van der Waals surface area contributed by atoms with Gasteiger partial charge in [0.25, 0.3) is 0 Å². The summed E-state index contributed by atoms with van der Waals surface area (Å²) in [6.07, 6.45) is -4.29. The van der Waals surface area contributed by atoms with E-state index in [9.17, 15) is 27.2 Å². The predicted molar refractivity (Wildman–Crippen MR) is 119 cm³/mol.